The molecule has 0 bridgehead atoms. The molecule has 1 N–H and O–H groups in total. The Bertz CT molecular complexity index is 528. The van der Waals surface area contributed by atoms with Crippen LogP contribution in [0.25, 0.3) is 10.2 Å². The molecule has 5 heteroatoms. The first-order chi connectivity index (χ1) is 7.34. The summed E-state index contributed by atoms with van der Waals surface area (Å²) in [5.41, 5.74) is 3.35. The minimum absolute atomic E-state index is 0.103. The monoisotopic (exact) mass is 217 g/mol. The largest absolute Gasteiger partial charge is 0.272 e. The summed E-state index contributed by atoms with van der Waals surface area (Å²) in [6, 6.07) is 7.85. The van der Waals surface area contributed by atoms with Crippen LogP contribution in [0.3, 0.4) is 0 Å². The van der Waals surface area contributed by atoms with Crippen LogP contribution in [-0.4, -0.2) is 17.1 Å². The Morgan fingerprint density at radius 2 is 2.20 bits per heavy atom. The Balaban J connectivity index is 2.12. The third kappa shape index (κ3) is 1.32. The van der Waals surface area contributed by atoms with Crippen molar-refractivity contribution in [3.8, 4) is 0 Å². The lowest BCUT2D eigenvalue weighted by Gasteiger charge is -1.96. The predicted molar refractivity (Wildman–Crippen MR) is 59.0 cm³/mol. The third-order valence-corrected chi connectivity index (χ3v) is 3.38. The van der Waals surface area contributed by atoms with E-state index in [4.69, 9.17) is 0 Å². The molecule has 4 nitrogen and oxygen atoms in total. The average molecular weight is 217 g/mol. The molecule has 0 aliphatic carbocycles. The Hall–Kier alpha value is -1.75. The lowest BCUT2D eigenvalue weighted by molar-refractivity contribution is -0.120. The summed E-state index contributed by atoms with van der Waals surface area (Å²) in [6.07, 6.45) is 1.60. The van der Waals surface area contributed by atoms with E-state index in [1.54, 1.807) is 6.21 Å². The first kappa shape index (κ1) is 8.55. The standard InChI is InChI=1S/C10H7N3OS/c14-9-6(5-11-13-9)10-12-7-3-1-2-4-8(7)15-10/h1-6H,(H,13,14)/t6-/m1/s1. The highest BCUT2D eigenvalue weighted by atomic mass is 32.1. The maximum atomic E-state index is 11.4. The van der Waals surface area contributed by atoms with Gasteiger partial charge in [-0.15, -0.1) is 11.3 Å². The van der Waals surface area contributed by atoms with E-state index in [1.807, 2.05) is 24.3 Å². The van der Waals surface area contributed by atoms with Gasteiger partial charge < -0.3 is 0 Å². The fourth-order valence-corrected chi connectivity index (χ4v) is 2.54. The van der Waals surface area contributed by atoms with Gasteiger partial charge in [0.1, 0.15) is 10.9 Å². The molecule has 0 saturated heterocycles. The van der Waals surface area contributed by atoms with Crippen molar-refractivity contribution in [2.75, 3.05) is 0 Å². The normalized spacial score (nSPS) is 19.7. The third-order valence-electron chi connectivity index (χ3n) is 2.26. The van der Waals surface area contributed by atoms with E-state index in [-0.39, 0.29) is 11.8 Å². The number of para-hydroxylation sites is 1. The van der Waals surface area contributed by atoms with Crippen molar-refractivity contribution in [2.45, 2.75) is 5.92 Å². The molecule has 0 fully saturated rings. The highest BCUT2D eigenvalue weighted by Gasteiger charge is 2.25. The van der Waals surface area contributed by atoms with Crippen LogP contribution in [-0.2, 0) is 4.79 Å². The number of hydrogen-bond donors (Lipinski definition) is 1. The molecule has 74 valence electrons. The van der Waals surface area contributed by atoms with Gasteiger partial charge in [-0.25, -0.2) is 10.4 Å². The van der Waals surface area contributed by atoms with Gasteiger partial charge in [0.2, 0.25) is 0 Å². The number of carbonyl (C=O) groups excluding carboxylic acids is 1. The fourth-order valence-electron chi connectivity index (χ4n) is 1.51. The molecule has 2 heterocycles. The van der Waals surface area contributed by atoms with Crippen molar-refractivity contribution in [1.82, 2.24) is 10.4 Å². The van der Waals surface area contributed by atoms with Crippen LogP contribution in [0.4, 0.5) is 0 Å². The molecule has 0 spiro atoms. The number of rotatable bonds is 1. The molecule has 15 heavy (non-hydrogen) atoms. The maximum absolute atomic E-state index is 11.4. The molecule has 0 radical (unpaired) electrons. The van der Waals surface area contributed by atoms with Crippen molar-refractivity contribution in [3.63, 3.8) is 0 Å². The van der Waals surface area contributed by atoms with Gasteiger partial charge in [0.25, 0.3) is 5.91 Å². The molecule has 1 atom stereocenters. The quantitative estimate of drug-likeness (QED) is 0.786. The number of amides is 1. The highest BCUT2D eigenvalue weighted by Crippen LogP contribution is 2.27. The van der Waals surface area contributed by atoms with E-state index < -0.39 is 0 Å². The SMILES string of the molecule is O=C1NN=C[C@H]1c1nc2ccccc2s1. The van der Waals surface area contributed by atoms with Gasteiger partial charge in [-0.1, -0.05) is 12.1 Å². The van der Waals surface area contributed by atoms with Gasteiger partial charge in [-0.05, 0) is 12.1 Å². The Morgan fingerprint density at radius 1 is 1.33 bits per heavy atom. The smallest absolute Gasteiger partial charge is 0.255 e. The second-order valence-electron chi connectivity index (χ2n) is 3.25. The van der Waals surface area contributed by atoms with E-state index in [2.05, 4.69) is 15.5 Å². The second-order valence-corrected chi connectivity index (χ2v) is 4.31. The van der Waals surface area contributed by atoms with E-state index in [0.29, 0.717) is 0 Å². The number of fused-ring (bicyclic) bond motifs is 1. The second kappa shape index (κ2) is 3.13. The molecule has 3 rings (SSSR count). The van der Waals surface area contributed by atoms with Crippen LogP contribution >= 0.6 is 11.3 Å². The molecular weight excluding hydrogens is 210 g/mol. The van der Waals surface area contributed by atoms with Crippen molar-refractivity contribution in [2.24, 2.45) is 5.10 Å². The summed E-state index contributed by atoms with van der Waals surface area (Å²) in [4.78, 5) is 15.8. The van der Waals surface area contributed by atoms with Gasteiger partial charge in [0.15, 0.2) is 0 Å². The Morgan fingerprint density at radius 3 is 2.93 bits per heavy atom. The van der Waals surface area contributed by atoms with Crippen molar-refractivity contribution in [1.29, 1.82) is 0 Å². The molecule has 1 amide bonds. The number of thiazole rings is 1. The van der Waals surface area contributed by atoms with Crippen LogP contribution in [0.15, 0.2) is 29.4 Å². The van der Waals surface area contributed by atoms with Crippen LogP contribution in [0.1, 0.15) is 10.9 Å². The summed E-state index contributed by atoms with van der Waals surface area (Å²) in [5, 5.41) is 4.54. The van der Waals surface area contributed by atoms with Gasteiger partial charge in [0, 0.05) is 6.21 Å². The minimum Gasteiger partial charge on any atom is -0.272 e. The van der Waals surface area contributed by atoms with Crippen molar-refractivity contribution < 1.29 is 4.79 Å². The Kier molecular flexibility index (Phi) is 1.78. The summed E-state index contributed by atoms with van der Waals surface area (Å²) >= 11 is 1.54. The van der Waals surface area contributed by atoms with Crippen molar-refractivity contribution >= 4 is 33.7 Å². The number of nitrogens with one attached hydrogen (secondary N) is 1. The summed E-state index contributed by atoms with van der Waals surface area (Å²) < 4.78 is 1.10. The maximum Gasteiger partial charge on any atom is 0.255 e. The highest BCUT2D eigenvalue weighted by molar-refractivity contribution is 7.18. The average Bonchev–Trinajstić information content (AvgIpc) is 2.82. The predicted octanol–water partition coefficient (Wildman–Crippen LogP) is 1.50. The molecule has 0 saturated carbocycles. The van der Waals surface area contributed by atoms with E-state index >= 15 is 0 Å². The van der Waals surface area contributed by atoms with Gasteiger partial charge >= 0.3 is 0 Å². The Labute approximate surface area is 89.6 Å². The number of hydrogen-bond acceptors (Lipinski definition) is 4. The van der Waals surface area contributed by atoms with E-state index in [9.17, 15) is 4.79 Å². The minimum atomic E-state index is -0.317. The van der Waals surface area contributed by atoms with Gasteiger partial charge in [0.05, 0.1) is 10.2 Å². The molecular formula is C10H7N3OS. The first-order valence-corrected chi connectivity index (χ1v) is 5.35. The van der Waals surface area contributed by atoms with Crippen molar-refractivity contribution in [3.05, 3.63) is 29.3 Å². The lowest BCUT2D eigenvalue weighted by Crippen LogP contribution is -2.17. The summed E-state index contributed by atoms with van der Waals surface area (Å²) in [7, 11) is 0. The number of nitrogens with zero attached hydrogens (tertiary/aromatic N) is 2. The molecule has 1 aromatic heterocycles. The van der Waals surface area contributed by atoms with Gasteiger partial charge in [-0.2, -0.15) is 5.10 Å². The zero-order valence-electron chi connectivity index (χ0n) is 7.68. The number of benzene rings is 1. The molecule has 1 aliphatic heterocycles. The number of aromatic nitrogens is 1. The van der Waals surface area contributed by atoms with Crippen LogP contribution in [0.2, 0.25) is 0 Å². The summed E-state index contributed by atoms with van der Waals surface area (Å²) in [6.45, 7) is 0. The summed E-state index contributed by atoms with van der Waals surface area (Å²) in [5.74, 6) is -0.420. The molecule has 1 aliphatic rings. The first-order valence-electron chi connectivity index (χ1n) is 4.53. The van der Waals surface area contributed by atoms with Gasteiger partial charge in [-0.3, -0.25) is 4.79 Å². The van der Waals surface area contributed by atoms with Crippen LogP contribution in [0, 0.1) is 0 Å². The fraction of sp³-hybridized carbons (Fsp3) is 0.100. The number of hydrazone groups is 1. The van der Waals surface area contributed by atoms with Crippen LogP contribution < -0.4 is 5.43 Å². The molecule has 0 unspecified atom stereocenters. The zero-order chi connectivity index (χ0) is 10.3. The molecule has 1 aromatic carbocycles. The van der Waals surface area contributed by atoms with Crippen LogP contribution in [0.5, 0.6) is 0 Å². The van der Waals surface area contributed by atoms with E-state index in [0.717, 1.165) is 15.2 Å². The molecule has 2 aromatic rings. The zero-order valence-corrected chi connectivity index (χ0v) is 8.49. The lowest BCUT2D eigenvalue weighted by atomic mass is 10.2. The van der Waals surface area contributed by atoms with E-state index in [1.165, 1.54) is 11.3 Å². The number of carbonyl (C=O) groups is 1. The topological polar surface area (TPSA) is 54.4 Å².